The van der Waals surface area contributed by atoms with Gasteiger partial charge in [0.2, 0.25) is 29.5 Å². The summed E-state index contributed by atoms with van der Waals surface area (Å²) in [7, 11) is -3.81. The maximum absolute atomic E-state index is 13.5. The SMILES string of the molecule is CC(=O)NCSC[C@H](NC(=O)[C@H](CO)NC(=O)[C@@H](NC(=O)[C@H](Cc1ccccc1)NC(=O)[C@@H](N)[C@@H](C)O)[C@@H](C)O)C(=O)OCCS(=O)(=O)Cc1ccc(N=Nc2ccccc2)cc1.O=C(O)C(F)(F)F. The molecule has 3 aromatic rings. The fourth-order valence-electron chi connectivity index (χ4n) is 5.40. The van der Waals surface area contributed by atoms with Gasteiger partial charge in [-0.1, -0.05) is 60.7 Å². The van der Waals surface area contributed by atoms with Gasteiger partial charge in [-0.2, -0.15) is 23.4 Å². The second-order valence-corrected chi connectivity index (χ2v) is 18.3. The molecule has 0 fully saturated rings. The number of aliphatic hydroxyl groups excluding tert-OH is 3. The number of nitrogens with zero attached hydrogens (tertiary/aromatic N) is 2. The quantitative estimate of drug-likeness (QED) is 0.0236. The van der Waals surface area contributed by atoms with Crippen LogP contribution in [0.4, 0.5) is 24.5 Å². The molecule has 0 unspecified atom stereocenters. The van der Waals surface area contributed by atoms with Crippen LogP contribution in [0.2, 0.25) is 0 Å². The first-order valence-corrected chi connectivity index (χ1v) is 23.8. The van der Waals surface area contributed by atoms with Gasteiger partial charge in [0.05, 0.1) is 47.6 Å². The number of ether oxygens (including phenoxy) is 1. The van der Waals surface area contributed by atoms with Crippen molar-refractivity contribution in [3.8, 4) is 0 Å². The lowest BCUT2D eigenvalue weighted by atomic mass is 10.0. The summed E-state index contributed by atoms with van der Waals surface area (Å²) in [4.78, 5) is 86.6. The highest BCUT2D eigenvalue weighted by molar-refractivity contribution is 7.99. The third kappa shape index (κ3) is 22.7. The molecular formula is C43H55F3N8O14S2. The zero-order valence-electron chi connectivity index (χ0n) is 37.9. The van der Waals surface area contributed by atoms with Crippen molar-refractivity contribution in [2.24, 2.45) is 16.0 Å². The van der Waals surface area contributed by atoms with Gasteiger partial charge >= 0.3 is 18.1 Å². The van der Waals surface area contributed by atoms with Crippen LogP contribution in [0.1, 0.15) is 31.9 Å². The van der Waals surface area contributed by atoms with E-state index in [4.69, 9.17) is 20.4 Å². The van der Waals surface area contributed by atoms with Crippen molar-refractivity contribution in [3.05, 3.63) is 96.1 Å². The second kappa shape index (κ2) is 29.5. The number of hydrogen-bond donors (Lipinski definition) is 10. The smallest absolute Gasteiger partial charge is 0.475 e. The number of alkyl halides is 3. The normalized spacial score (nSPS) is 14.4. The Hall–Kier alpha value is -6.52. The number of amides is 5. The summed E-state index contributed by atoms with van der Waals surface area (Å²) >= 11 is 1.00. The molecular weight excluding hydrogens is 974 g/mol. The Morgan fingerprint density at radius 2 is 1.24 bits per heavy atom. The number of carbonyl (C=O) groups is 7. The van der Waals surface area contributed by atoms with Gasteiger partial charge in [0.1, 0.15) is 36.8 Å². The van der Waals surface area contributed by atoms with E-state index in [1.165, 1.54) is 20.8 Å². The third-order valence-corrected chi connectivity index (χ3v) is 11.6. The van der Waals surface area contributed by atoms with Crippen molar-refractivity contribution < 1.29 is 80.3 Å². The van der Waals surface area contributed by atoms with Crippen LogP contribution < -0.4 is 32.3 Å². The number of sulfone groups is 1. The molecule has 3 rings (SSSR count). The van der Waals surface area contributed by atoms with E-state index in [1.807, 2.05) is 18.2 Å². The largest absolute Gasteiger partial charge is 0.490 e. The molecule has 22 nitrogen and oxygen atoms in total. The van der Waals surface area contributed by atoms with Gasteiger partial charge in [-0.3, -0.25) is 24.0 Å². The summed E-state index contributed by atoms with van der Waals surface area (Å²) in [5, 5.41) is 57.7. The maximum Gasteiger partial charge on any atom is 0.490 e. The van der Waals surface area contributed by atoms with Gasteiger partial charge in [-0.25, -0.2) is 18.0 Å². The van der Waals surface area contributed by atoms with E-state index < -0.39 is 113 Å². The number of thioether (sulfide) groups is 1. The number of benzene rings is 3. The van der Waals surface area contributed by atoms with Crippen LogP contribution in [0.3, 0.4) is 0 Å². The summed E-state index contributed by atoms with van der Waals surface area (Å²) < 4.78 is 62.8. The maximum atomic E-state index is 13.5. The third-order valence-electron chi connectivity index (χ3n) is 9.17. The number of nitrogens with one attached hydrogen (secondary N) is 5. The average molecular weight is 1030 g/mol. The molecule has 0 aliphatic heterocycles. The van der Waals surface area contributed by atoms with Gasteiger partial charge in [0.15, 0.2) is 9.84 Å². The number of carboxylic acid groups (broad SMARTS) is 1. The Morgan fingerprint density at radius 3 is 1.76 bits per heavy atom. The molecule has 0 heterocycles. The van der Waals surface area contributed by atoms with Crippen LogP contribution in [0.5, 0.6) is 0 Å². The van der Waals surface area contributed by atoms with Crippen LogP contribution >= 0.6 is 11.8 Å². The van der Waals surface area contributed by atoms with Crippen LogP contribution in [-0.4, -0.2) is 150 Å². The van der Waals surface area contributed by atoms with Crippen molar-refractivity contribution in [1.82, 2.24) is 26.6 Å². The minimum absolute atomic E-state index is 0.0163. The summed E-state index contributed by atoms with van der Waals surface area (Å²) in [5.74, 6) is -9.34. The first-order chi connectivity index (χ1) is 32.8. The number of aliphatic hydroxyl groups is 3. The molecule has 0 bridgehead atoms. The molecule has 0 spiro atoms. The number of azo groups is 1. The lowest BCUT2D eigenvalue weighted by Gasteiger charge is -2.27. The summed E-state index contributed by atoms with van der Waals surface area (Å²) in [5.41, 5.74) is 7.95. The minimum atomic E-state index is -5.08. The van der Waals surface area contributed by atoms with E-state index in [9.17, 15) is 65.7 Å². The lowest BCUT2D eigenvalue weighted by molar-refractivity contribution is -0.192. The van der Waals surface area contributed by atoms with E-state index in [0.29, 0.717) is 22.5 Å². The van der Waals surface area contributed by atoms with Gasteiger partial charge < -0.3 is 57.5 Å². The van der Waals surface area contributed by atoms with Crippen LogP contribution in [0.25, 0.3) is 0 Å². The molecule has 0 aromatic heterocycles. The molecule has 0 aliphatic rings. The first-order valence-electron chi connectivity index (χ1n) is 20.9. The summed E-state index contributed by atoms with van der Waals surface area (Å²) in [6.45, 7) is 2.12. The molecule has 3 aromatic carbocycles. The predicted molar refractivity (Wildman–Crippen MR) is 247 cm³/mol. The molecule has 27 heteroatoms. The zero-order valence-corrected chi connectivity index (χ0v) is 39.5. The standard InChI is InChI=1S/C41H54N8O12S2.C2HF3O2/c1-25(51)35(42)39(56)44-32(20-28-10-6-4-7-11-28)37(54)47-36(26(2)52)40(57)45-33(21-50)38(55)46-34(22-62-24-43-27(3)53)41(58)61-18-19-63(59,60)23-29-14-16-31(17-15-29)49-48-30-12-8-5-9-13-30;3-2(4,5)1(6)7/h4-17,25-26,32-36,50-52H,18-24,42H2,1-3H3,(H,43,53)(H,44,56)(H,45,57)(H,46,55)(H,47,54);(H,6,7)/t25-,26-,32+,33+,34+,35+,36+;/m1./s1. The minimum Gasteiger partial charge on any atom is -0.475 e. The Bertz CT molecular complexity index is 2330. The highest BCUT2D eigenvalue weighted by Crippen LogP contribution is 2.20. The van der Waals surface area contributed by atoms with Crippen molar-refractivity contribution in [2.75, 3.05) is 30.6 Å². The Kier molecular flexibility index (Phi) is 25.1. The van der Waals surface area contributed by atoms with Crippen molar-refractivity contribution >= 4 is 74.4 Å². The molecule has 0 radical (unpaired) electrons. The monoisotopic (exact) mass is 1030 g/mol. The molecule has 5 amide bonds. The molecule has 0 saturated heterocycles. The fraction of sp³-hybridized carbons (Fsp3) is 0.419. The average Bonchev–Trinajstić information content (AvgIpc) is 3.30. The van der Waals surface area contributed by atoms with Gasteiger partial charge in [-0.15, -0.1) is 11.8 Å². The van der Waals surface area contributed by atoms with Crippen molar-refractivity contribution in [2.45, 2.75) is 81.5 Å². The Labute approximate surface area is 404 Å². The highest BCUT2D eigenvalue weighted by atomic mass is 32.2. The van der Waals surface area contributed by atoms with Crippen LogP contribution in [-0.2, 0) is 60.3 Å². The van der Waals surface area contributed by atoms with E-state index in [0.717, 1.165) is 11.8 Å². The Morgan fingerprint density at radius 1 is 0.729 bits per heavy atom. The van der Waals surface area contributed by atoms with Gasteiger partial charge in [-0.05, 0) is 49.2 Å². The van der Waals surface area contributed by atoms with Gasteiger partial charge in [0.25, 0.3) is 0 Å². The summed E-state index contributed by atoms with van der Waals surface area (Å²) in [6.07, 6.45) is -8.01. The molecule has 0 aliphatic carbocycles. The molecule has 0 saturated carbocycles. The number of hydrogen-bond acceptors (Lipinski definition) is 17. The zero-order chi connectivity index (χ0) is 52.6. The second-order valence-electron chi connectivity index (χ2n) is 15.1. The predicted octanol–water partition coefficient (Wildman–Crippen LogP) is 0.283. The van der Waals surface area contributed by atoms with E-state index in [2.05, 4.69) is 36.8 Å². The number of carbonyl (C=O) groups excluding carboxylic acids is 6. The summed E-state index contributed by atoms with van der Waals surface area (Å²) in [6, 6.07) is 16.2. The topological polar surface area (TPSA) is 355 Å². The molecule has 70 heavy (non-hydrogen) atoms. The van der Waals surface area contributed by atoms with Crippen molar-refractivity contribution in [1.29, 1.82) is 0 Å². The highest BCUT2D eigenvalue weighted by Gasteiger charge is 2.38. The van der Waals surface area contributed by atoms with Crippen molar-refractivity contribution in [3.63, 3.8) is 0 Å². The number of nitrogens with two attached hydrogens (primary N) is 1. The van der Waals surface area contributed by atoms with E-state index >= 15 is 0 Å². The van der Waals surface area contributed by atoms with Crippen LogP contribution in [0.15, 0.2) is 95.2 Å². The first kappa shape index (κ1) is 59.6. The number of esters is 1. The van der Waals surface area contributed by atoms with E-state index in [-0.39, 0.29) is 29.7 Å². The fourth-order valence-corrected chi connectivity index (χ4v) is 7.46. The van der Waals surface area contributed by atoms with E-state index in [1.54, 1.807) is 66.7 Å². The van der Waals surface area contributed by atoms with Gasteiger partial charge in [0, 0.05) is 19.1 Å². The molecule has 11 N–H and O–H groups in total. The number of carboxylic acids is 1. The van der Waals surface area contributed by atoms with Crippen LogP contribution in [0, 0.1) is 0 Å². The number of aliphatic carboxylic acids is 1. The lowest BCUT2D eigenvalue weighted by Crippen LogP contribution is -2.62. The molecule has 384 valence electrons. The number of rotatable bonds is 25. The number of halogens is 3. The molecule has 7 atom stereocenters. The Balaban J connectivity index is 0.00000222.